The highest BCUT2D eigenvalue weighted by atomic mass is 32.1. The van der Waals surface area contributed by atoms with E-state index in [9.17, 15) is 0 Å². The molecule has 1 aromatic heterocycles. The highest BCUT2D eigenvalue weighted by molar-refractivity contribution is 7.10. The SMILES string of the molecule is CN(C)C(CNC1CCCC(N)C1)c1cccs1. The summed E-state index contributed by atoms with van der Waals surface area (Å²) in [6.07, 6.45) is 4.87. The lowest BCUT2D eigenvalue weighted by Crippen LogP contribution is -2.42. The largest absolute Gasteiger partial charge is 0.328 e. The van der Waals surface area contributed by atoms with Crippen molar-refractivity contribution in [2.45, 2.75) is 43.8 Å². The summed E-state index contributed by atoms with van der Waals surface area (Å²) in [5.74, 6) is 0. The molecule has 1 aliphatic carbocycles. The second kappa shape index (κ2) is 6.66. The van der Waals surface area contributed by atoms with Gasteiger partial charge < -0.3 is 16.0 Å². The van der Waals surface area contributed by atoms with Crippen LogP contribution in [0.4, 0.5) is 0 Å². The molecule has 1 aromatic rings. The quantitative estimate of drug-likeness (QED) is 0.859. The molecule has 1 saturated carbocycles. The van der Waals surface area contributed by atoms with E-state index in [0.717, 1.165) is 13.0 Å². The highest BCUT2D eigenvalue weighted by Crippen LogP contribution is 2.23. The van der Waals surface area contributed by atoms with E-state index in [1.807, 2.05) is 11.3 Å². The third-order valence-electron chi connectivity index (χ3n) is 3.81. The zero-order valence-corrected chi connectivity index (χ0v) is 12.2. The van der Waals surface area contributed by atoms with Crippen molar-refractivity contribution >= 4 is 11.3 Å². The molecule has 3 nitrogen and oxygen atoms in total. The molecule has 0 amide bonds. The number of hydrogen-bond donors (Lipinski definition) is 2. The minimum Gasteiger partial charge on any atom is -0.328 e. The molecule has 3 unspecified atom stereocenters. The van der Waals surface area contributed by atoms with Crippen LogP contribution in [0.1, 0.15) is 36.6 Å². The lowest BCUT2D eigenvalue weighted by Gasteiger charge is -2.31. The standard InChI is InChI=1S/C14H25N3S/c1-17(2)13(14-7-4-8-18-14)10-16-12-6-3-5-11(15)9-12/h4,7-8,11-13,16H,3,5-6,9-10,15H2,1-2H3. The molecule has 3 N–H and O–H groups in total. The molecule has 1 aliphatic rings. The van der Waals surface area contributed by atoms with Gasteiger partial charge in [-0.05, 0) is 44.8 Å². The maximum Gasteiger partial charge on any atom is 0.0561 e. The molecule has 0 spiro atoms. The fraction of sp³-hybridized carbons (Fsp3) is 0.714. The van der Waals surface area contributed by atoms with Crippen molar-refractivity contribution in [2.24, 2.45) is 5.73 Å². The van der Waals surface area contributed by atoms with Gasteiger partial charge in [-0.3, -0.25) is 0 Å². The maximum absolute atomic E-state index is 6.04. The first kappa shape index (κ1) is 14.0. The first-order chi connectivity index (χ1) is 8.66. The monoisotopic (exact) mass is 267 g/mol. The third kappa shape index (κ3) is 3.79. The van der Waals surface area contributed by atoms with Crippen molar-refractivity contribution in [3.63, 3.8) is 0 Å². The van der Waals surface area contributed by atoms with Crippen LogP contribution < -0.4 is 11.1 Å². The minimum absolute atomic E-state index is 0.399. The van der Waals surface area contributed by atoms with Gasteiger partial charge in [0.25, 0.3) is 0 Å². The van der Waals surface area contributed by atoms with Gasteiger partial charge in [0.2, 0.25) is 0 Å². The van der Waals surface area contributed by atoms with Crippen LogP contribution in [0.5, 0.6) is 0 Å². The van der Waals surface area contributed by atoms with E-state index >= 15 is 0 Å². The fourth-order valence-electron chi connectivity index (χ4n) is 2.71. The lowest BCUT2D eigenvalue weighted by molar-refractivity contribution is 0.262. The normalized spacial score (nSPS) is 26.4. The molecule has 18 heavy (non-hydrogen) atoms. The zero-order chi connectivity index (χ0) is 13.0. The predicted octanol–water partition coefficient (Wildman–Crippen LogP) is 2.21. The van der Waals surface area contributed by atoms with E-state index in [-0.39, 0.29) is 0 Å². The van der Waals surface area contributed by atoms with Crippen LogP contribution >= 0.6 is 11.3 Å². The summed E-state index contributed by atoms with van der Waals surface area (Å²) in [4.78, 5) is 3.73. The Morgan fingerprint density at radius 1 is 1.50 bits per heavy atom. The number of rotatable bonds is 5. The number of nitrogens with one attached hydrogen (secondary N) is 1. The Morgan fingerprint density at radius 3 is 2.94 bits per heavy atom. The lowest BCUT2D eigenvalue weighted by atomic mass is 9.91. The van der Waals surface area contributed by atoms with Crippen LogP contribution in [-0.4, -0.2) is 37.6 Å². The molecule has 102 valence electrons. The van der Waals surface area contributed by atoms with E-state index in [4.69, 9.17) is 5.73 Å². The van der Waals surface area contributed by atoms with E-state index in [0.29, 0.717) is 18.1 Å². The Bertz CT molecular complexity index is 337. The summed E-state index contributed by atoms with van der Waals surface area (Å²) < 4.78 is 0. The summed E-state index contributed by atoms with van der Waals surface area (Å²) in [6.45, 7) is 1.02. The Labute approximate surface area is 114 Å². The van der Waals surface area contributed by atoms with E-state index in [1.54, 1.807) is 0 Å². The molecule has 0 aliphatic heterocycles. The summed E-state index contributed by atoms with van der Waals surface area (Å²) in [5, 5.41) is 5.86. The van der Waals surface area contributed by atoms with E-state index < -0.39 is 0 Å². The molecule has 1 heterocycles. The minimum atomic E-state index is 0.399. The average molecular weight is 267 g/mol. The smallest absolute Gasteiger partial charge is 0.0561 e. The van der Waals surface area contributed by atoms with Gasteiger partial charge in [-0.15, -0.1) is 11.3 Å². The van der Waals surface area contributed by atoms with Gasteiger partial charge in [-0.1, -0.05) is 12.5 Å². The van der Waals surface area contributed by atoms with Gasteiger partial charge in [0.05, 0.1) is 6.04 Å². The maximum atomic E-state index is 6.04. The Balaban J connectivity index is 1.86. The molecule has 3 atom stereocenters. The first-order valence-electron chi connectivity index (χ1n) is 6.85. The van der Waals surface area contributed by atoms with Crippen molar-refractivity contribution in [1.29, 1.82) is 0 Å². The Kier molecular flexibility index (Phi) is 5.18. The van der Waals surface area contributed by atoms with E-state index in [2.05, 4.69) is 41.8 Å². The van der Waals surface area contributed by atoms with Crippen molar-refractivity contribution in [3.8, 4) is 0 Å². The highest BCUT2D eigenvalue weighted by Gasteiger charge is 2.21. The van der Waals surface area contributed by atoms with Crippen molar-refractivity contribution in [3.05, 3.63) is 22.4 Å². The molecule has 0 bridgehead atoms. The van der Waals surface area contributed by atoms with Crippen LogP contribution in [0.2, 0.25) is 0 Å². The summed E-state index contributed by atoms with van der Waals surface area (Å²) >= 11 is 1.84. The molecule has 4 heteroatoms. The second-order valence-electron chi connectivity index (χ2n) is 5.53. The molecule has 2 rings (SSSR count). The second-order valence-corrected chi connectivity index (χ2v) is 6.51. The van der Waals surface area contributed by atoms with Gasteiger partial charge in [-0.2, -0.15) is 0 Å². The van der Waals surface area contributed by atoms with Gasteiger partial charge >= 0.3 is 0 Å². The first-order valence-corrected chi connectivity index (χ1v) is 7.73. The average Bonchev–Trinajstić information content (AvgIpc) is 2.82. The molecular formula is C14H25N3S. The van der Waals surface area contributed by atoms with Crippen molar-refractivity contribution in [2.75, 3.05) is 20.6 Å². The molecular weight excluding hydrogens is 242 g/mol. The number of thiophene rings is 1. The van der Waals surface area contributed by atoms with Crippen LogP contribution in [-0.2, 0) is 0 Å². The fourth-order valence-corrected chi connectivity index (χ4v) is 3.63. The van der Waals surface area contributed by atoms with Crippen LogP contribution in [0, 0.1) is 0 Å². The van der Waals surface area contributed by atoms with Crippen LogP contribution in [0.25, 0.3) is 0 Å². The molecule has 0 radical (unpaired) electrons. The van der Waals surface area contributed by atoms with E-state index in [1.165, 1.54) is 24.1 Å². The van der Waals surface area contributed by atoms with Gasteiger partial charge in [-0.25, -0.2) is 0 Å². The number of hydrogen-bond acceptors (Lipinski definition) is 4. The van der Waals surface area contributed by atoms with Crippen molar-refractivity contribution < 1.29 is 0 Å². The third-order valence-corrected chi connectivity index (χ3v) is 4.78. The van der Waals surface area contributed by atoms with Crippen LogP contribution in [0.15, 0.2) is 17.5 Å². The molecule has 0 saturated heterocycles. The molecule has 1 fully saturated rings. The van der Waals surface area contributed by atoms with Crippen LogP contribution in [0.3, 0.4) is 0 Å². The van der Waals surface area contributed by atoms with Gasteiger partial charge in [0.1, 0.15) is 0 Å². The number of nitrogens with two attached hydrogens (primary N) is 1. The topological polar surface area (TPSA) is 41.3 Å². The zero-order valence-electron chi connectivity index (χ0n) is 11.4. The summed E-state index contributed by atoms with van der Waals surface area (Å²) in [6, 6.07) is 5.84. The van der Waals surface area contributed by atoms with Crippen molar-refractivity contribution in [1.82, 2.24) is 10.2 Å². The Morgan fingerprint density at radius 2 is 2.33 bits per heavy atom. The molecule has 0 aromatic carbocycles. The van der Waals surface area contributed by atoms with Gasteiger partial charge in [0.15, 0.2) is 0 Å². The Hall–Kier alpha value is -0.420. The summed E-state index contributed by atoms with van der Waals surface area (Å²) in [5.41, 5.74) is 6.04. The number of nitrogens with zero attached hydrogens (tertiary/aromatic N) is 1. The summed E-state index contributed by atoms with van der Waals surface area (Å²) in [7, 11) is 4.30. The number of likely N-dealkylation sites (N-methyl/N-ethyl adjacent to an activating group) is 1. The van der Waals surface area contributed by atoms with Gasteiger partial charge in [0, 0.05) is 23.5 Å². The predicted molar refractivity (Wildman–Crippen MR) is 79.0 cm³/mol.